The quantitative estimate of drug-likeness (QED) is 0.139. The zero-order valence-corrected chi connectivity index (χ0v) is 50.5. The van der Waals surface area contributed by atoms with Gasteiger partial charge in [0.15, 0.2) is 0 Å². The van der Waals surface area contributed by atoms with E-state index in [1.807, 2.05) is 48.6 Å². The van der Waals surface area contributed by atoms with E-state index in [-0.39, 0.29) is 11.6 Å². The van der Waals surface area contributed by atoms with Crippen LogP contribution in [-0.2, 0) is 0 Å². The minimum atomic E-state index is -0.203. The van der Waals surface area contributed by atoms with Crippen molar-refractivity contribution in [2.24, 2.45) is 20.0 Å². The van der Waals surface area contributed by atoms with Crippen molar-refractivity contribution in [1.29, 1.82) is 0 Å². The van der Waals surface area contributed by atoms with Crippen molar-refractivity contribution < 1.29 is 9.59 Å². The molecule has 6 aliphatic rings. The molecule has 6 aliphatic heterocycles. The lowest BCUT2D eigenvalue weighted by atomic mass is 9.90. The van der Waals surface area contributed by atoms with Crippen molar-refractivity contribution in [3.05, 3.63) is 303 Å². The van der Waals surface area contributed by atoms with Gasteiger partial charge in [-0.15, -0.1) is 0 Å². The molecule has 0 fully saturated rings. The average molecular weight is 1120 g/mol. The number of nitrogens with one attached hydrogen (secondary N) is 4. The SMILES string of the molecule is Cc1cc(C)c(C2=C3C=CC(=N3)/C(=C3\C4=NC(=C(c5c(C)cc(C)cc5C)c5ccc([nH]5)C(=O)C5=NC(=C(c6c(C)cc(C)cc6C)c6ccc3[nH]6)C=C5)C=C4)c3ccc([nH]3)C(c3c(C)cc(C)cc3C)=C3C=CC(=N3)C(=O)c3ccc2[nH]3)c(C)c1. The molecule has 10 heterocycles. The number of aryl methyl sites for hydroxylation is 12. The smallest absolute Gasteiger partial charge is 0.227 e. The van der Waals surface area contributed by atoms with E-state index >= 15 is 0 Å². The molecule has 0 atom stereocenters. The van der Waals surface area contributed by atoms with Crippen LogP contribution >= 0.6 is 0 Å². The van der Waals surface area contributed by atoms with Gasteiger partial charge in [-0.3, -0.25) is 9.59 Å². The third-order valence-corrected chi connectivity index (χ3v) is 17.4. The first-order valence-electron chi connectivity index (χ1n) is 29.4. The molecule has 0 amide bonds. The van der Waals surface area contributed by atoms with Gasteiger partial charge in [0, 0.05) is 67.6 Å². The molecule has 0 saturated heterocycles. The highest BCUT2D eigenvalue weighted by molar-refractivity contribution is 6.51. The average Bonchev–Trinajstić information content (AvgIpc) is 2.12. The molecule has 86 heavy (non-hydrogen) atoms. The zero-order valence-electron chi connectivity index (χ0n) is 50.5. The number of H-pyrrole nitrogens is 4. The van der Waals surface area contributed by atoms with E-state index in [0.717, 1.165) is 168 Å². The molecule has 4 aromatic carbocycles. The Bertz CT molecular complexity index is 4490. The Hall–Kier alpha value is -10.3. The summed E-state index contributed by atoms with van der Waals surface area (Å²) in [5, 5.41) is 0. The summed E-state index contributed by atoms with van der Waals surface area (Å²) >= 11 is 0. The predicted molar refractivity (Wildman–Crippen MR) is 352 cm³/mol. The van der Waals surface area contributed by atoms with Gasteiger partial charge in [-0.25, -0.2) is 20.0 Å². The number of hydrogen-bond donors (Lipinski definition) is 4. The maximum atomic E-state index is 14.7. The van der Waals surface area contributed by atoms with Crippen LogP contribution in [0.2, 0.25) is 0 Å². The van der Waals surface area contributed by atoms with Gasteiger partial charge in [0.1, 0.15) is 11.4 Å². The van der Waals surface area contributed by atoms with Crippen LogP contribution < -0.4 is 0 Å². The van der Waals surface area contributed by atoms with Crippen LogP contribution in [0, 0.1) is 83.1 Å². The molecule has 10 nitrogen and oxygen atoms in total. The van der Waals surface area contributed by atoms with Crippen LogP contribution in [-0.4, -0.2) is 54.3 Å². The minimum Gasteiger partial charge on any atom is -0.354 e. The van der Waals surface area contributed by atoms with Gasteiger partial charge in [0.25, 0.3) is 0 Å². The number of aromatic nitrogens is 4. The number of nitrogens with zero attached hydrogens (tertiary/aromatic N) is 4. The molecule has 10 heteroatoms. The Kier molecular flexibility index (Phi) is 12.6. The number of benzene rings is 4. The summed E-state index contributed by atoms with van der Waals surface area (Å²) in [6.07, 6.45) is 16.0. The summed E-state index contributed by atoms with van der Waals surface area (Å²) in [6, 6.07) is 33.9. The Balaban J connectivity index is 1.13. The van der Waals surface area contributed by atoms with Crippen LogP contribution in [0.15, 0.2) is 188 Å². The van der Waals surface area contributed by atoms with Gasteiger partial charge in [0.05, 0.1) is 45.6 Å². The number of rotatable bonds is 4. The fourth-order valence-corrected chi connectivity index (χ4v) is 14.2. The number of Topliss-reactive ketones (excluding diaryl/α,β-unsaturated/α-hetero) is 2. The van der Waals surface area contributed by atoms with Crippen LogP contribution in [0.4, 0.5) is 0 Å². The lowest BCUT2D eigenvalue weighted by molar-refractivity contribution is 0.105. The van der Waals surface area contributed by atoms with Crippen molar-refractivity contribution in [3.8, 4) is 0 Å². The number of carbonyl (C=O) groups is 2. The molecular weight excluding hydrogens is 1060 g/mol. The van der Waals surface area contributed by atoms with Gasteiger partial charge in [-0.05, 0) is 247 Å². The van der Waals surface area contributed by atoms with E-state index in [9.17, 15) is 9.59 Å². The molecule has 4 N–H and O–H groups in total. The Morgan fingerprint density at radius 3 is 0.698 bits per heavy atom. The molecule has 8 aromatic rings. The third kappa shape index (κ3) is 8.85. The second-order valence-corrected chi connectivity index (χ2v) is 24.0. The van der Waals surface area contributed by atoms with Crippen molar-refractivity contribution in [3.63, 3.8) is 0 Å². The molecule has 4 aromatic heterocycles. The first-order valence-corrected chi connectivity index (χ1v) is 29.4. The summed E-state index contributed by atoms with van der Waals surface area (Å²) in [5.74, 6) is -0.405. The molecule has 420 valence electrons. The first-order chi connectivity index (χ1) is 41.3. The molecule has 14 rings (SSSR count). The van der Waals surface area contributed by atoms with Gasteiger partial charge >= 0.3 is 0 Å². The number of aromatic amines is 4. The van der Waals surface area contributed by atoms with Crippen molar-refractivity contribution in [2.75, 3.05) is 0 Å². The zero-order chi connectivity index (χ0) is 59.7. The summed E-state index contributed by atoms with van der Waals surface area (Å²) in [4.78, 5) is 66.5. The highest BCUT2D eigenvalue weighted by Gasteiger charge is 2.33. The maximum Gasteiger partial charge on any atom is 0.227 e. The number of aliphatic imine (C=N–C) groups is 4. The second-order valence-electron chi connectivity index (χ2n) is 24.0. The largest absolute Gasteiger partial charge is 0.354 e. The molecule has 0 radical (unpaired) electrons. The Morgan fingerprint density at radius 2 is 0.442 bits per heavy atom. The van der Waals surface area contributed by atoms with Crippen LogP contribution in [0.25, 0.3) is 33.4 Å². The van der Waals surface area contributed by atoms with Gasteiger partial charge < -0.3 is 19.9 Å². The highest BCUT2D eigenvalue weighted by Crippen LogP contribution is 2.44. The minimum absolute atomic E-state index is 0.203. The van der Waals surface area contributed by atoms with Crippen molar-refractivity contribution in [2.45, 2.75) is 83.1 Å². The summed E-state index contributed by atoms with van der Waals surface area (Å²) in [6.45, 7) is 25.6. The van der Waals surface area contributed by atoms with Crippen LogP contribution in [0.5, 0.6) is 0 Å². The molecule has 0 spiro atoms. The number of allylic oxidation sites excluding steroid dienone is 10. The normalized spacial score (nSPS) is 17.1. The number of ketones is 2. The van der Waals surface area contributed by atoms with Gasteiger partial charge in [0.2, 0.25) is 11.6 Å². The number of hydrogen-bond acceptors (Lipinski definition) is 6. The van der Waals surface area contributed by atoms with E-state index in [1.54, 1.807) is 0 Å². The van der Waals surface area contributed by atoms with Crippen LogP contribution in [0.3, 0.4) is 0 Å². The van der Waals surface area contributed by atoms with Gasteiger partial charge in [-0.2, -0.15) is 0 Å². The lowest BCUT2D eigenvalue weighted by Crippen LogP contribution is -2.11. The lowest BCUT2D eigenvalue weighted by Gasteiger charge is -2.18. The highest BCUT2D eigenvalue weighted by atomic mass is 16.1. The van der Waals surface area contributed by atoms with Crippen LogP contribution in [0.1, 0.15) is 144 Å². The molecule has 16 bridgehead atoms. The monoisotopic (exact) mass is 1120 g/mol. The molecule has 0 unspecified atom stereocenters. The number of carbonyl (C=O) groups excluding carboxylic acids is 2. The fourth-order valence-electron chi connectivity index (χ4n) is 14.2. The standard InChI is InChI=1S/C76H64N8O2/c1-37-29-41(5)65(42(6)30-37)69-49-13-17-57(77-49)73(58-18-14-50(78-58)70(66-43(7)31-38(2)32-44(66)8)54-22-26-62(82-54)75(85)61-25-21-53(69)81-61)74-59-19-15-51(79-59)71(67-45(9)33-39(3)34-46(67)10)55-23-27-63(83-55)76(86)64-28-24-56(84-64)72(52-16-20-60(74)80-52)68-47(11)35-40(4)36-48(68)12/h13-36,77,79,82,84H,1-12H3/b69-53?,70-50?,71-55?,72-52?,74-73-. The molecule has 0 saturated carbocycles. The summed E-state index contributed by atoms with van der Waals surface area (Å²) < 4.78 is 0. The molecule has 0 aliphatic carbocycles. The second kappa shape index (κ2) is 20.2. The van der Waals surface area contributed by atoms with E-state index in [4.69, 9.17) is 20.0 Å². The van der Waals surface area contributed by atoms with E-state index in [0.29, 0.717) is 45.6 Å². The van der Waals surface area contributed by atoms with E-state index < -0.39 is 0 Å². The fraction of sp³-hybridized carbons (Fsp3) is 0.158. The summed E-state index contributed by atoms with van der Waals surface area (Å²) in [5.41, 5.74) is 33.0. The summed E-state index contributed by atoms with van der Waals surface area (Å²) in [7, 11) is 0. The van der Waals surface area contributed by atoms with Crippen molar-refractivity contribution >= 4 is 67.9 Å². The van der Waals surface area contributed by atoms with Crippen molar-refractivity contribution in [1.82, 2.24) is 19.9 Å². The Labute approximate surface area is 500 Å². The first kappa shape index (κ1) is 53.7. The maximum absolute atomic E-state index is 14.7. The number of fused-ring (bicyclic) bond motifs is 12. The van der Waals surface area contributed by atoms with Gasteiger partial charge in [-0.1, -0.05) is 70.8 Å². The topological polar surface area (TPSA) is 147 Å². The predicted octanol–water partition coefficient (Wildman–Crippen LogP) is 16.5. The molecular formula is C76H64N8O2. The van der Waals surface area contributed by atoms with E-state index in [1.165, 1.54) is 0 Å². The van der Waals surface area contributed by atoms with E-state index in [2.05, 4.69) is 200 Å². The Morgan fingerprint density at radius 1 is 0.244 bits per heavy atom. The third-order valence-electron chi connectivity index (χ3n) is 17.4.